The summed E-state index contributed by atoms with van der Waals surface area (Å²) >= 11 is 5.67. The van der Waals surface area contributed by atoms with Crippen LogP contribution in [0.1, 0.15) is 149 Å². The molecule has 202 valence electrons. The fourth-order valence-electron chi connectivity index (χ4n) is 4.33. The molecule has 34 heavy (non-hydrogen) atoms. The van der Waals surface area contributed by atoms with Crippen molar-refractivity contribution in [3.8, 4) is 0 Å². The molecule has 0 aliphatic carbocycles. The highest BCUT2D eigenvalue weighted by Crippen LogP contribution is 2.13. The molecule has 0 aliphatic heterocycles. The number of hydrogen-bond donors (Lipinski definition) is 2. The summed E-state index contributed by atoms with van der Waals surface area (Å²) in [6, 6.07) is -0.443. The van der Waals surface area contributed by atoms with Crippen molar-refractivity contribution in [3.05, 3.63) is 0 Å². The molecule has 0 heterocycles. The van der Waals surface area contributed by atoms with Crippen LogP contribution in [0.15, 0.2) is 0 Å². The van der Waals surface area contributed by atoms with Crippen molar-refractivity contribution >= 4 is 23.4 Å². The number of nitrogens with one attached hydrogen (secondary N) is 2. The molecule has 0 aliphatic rings. The van der Waals surface area contributed by atoms with Crippen LogP contribution in [0, 0.1) is 5.92 Å². The SMILES string of the molecule is CCCCCCCCCCCCCCCCCCNC(=O)[C@@H](NC(=O)CCCCCCl)C(C)C. The highest BCUT2D eigenvalue weighted by Gasteiger charge is 2.23. The molecule has 2 amide bonds. The van der Waals surface area contributed by atoms with Gasteiger partial charge >= 0.3 is 0 Å². The van der Waals surface area contributed by atoms with Gasteiger partial charge in [-0.1, -0.05) is 124 Å². The van der Waals surface area contributed by atoms with Gasteiger partial charge in [0.15, 0.2) is 0 Å². The zero-order valence-corrected chi connectivity index (χ0v) is 23.7. The summed E-state index contributed by atoms with van der Waals surface area (Å²) in [6.07, 6.45) is 24.7. The van der Waals surface area contributed by atoms with Crippen LogP contribution in [0.3, 0.4) is 0 Å². The van der Waals surface area contributed by atoms with E-state index in [2.05, 4.69) is 17.6 Å². The lowest BCUT2D eigenvalue weighted by Crippen LogP contribution is -2.49. The minimum Gasteiger partial charge on any atom is -0.354 e. The van der Waals surface area contributed by atoms with Gasteiger partial charge in [0.25, 0.3) is 0 Å². The fraction of sp³-hybridized carbons (Fsp3) is 0.931. The van der Waals surface area contributed by atoms with Crippen LogP contribution in [0.2, 0.25) is 0 Å². The third-order valence-corrected chi connectivity index (χ3v) is 6.90. The summed E-state index contributed by atoms with van der Waals surface area (Å²) in [5, 5.41) is 5.94. The van der Waals surface area contributed by atoms with Gasteiger partial charge in [-0.25, -0.2) is 0 Å². The molecule has 0 saturated carbocycles. The Kier molecular flexibility index (Phi) is 24.8. The lowest BCUT2D eigenvalue weighted by Gasteiger charge is -2.21. The molecule has 5 heteroatoms. The zero-order chi connectivity index (χ0) is 25.3. The molecule has 0 saturated heterocycles. The van der Waals surface area contributed by atoms with Crippen LogP contribution >= 0.6 is 11.6 Å². The van der Waals surface area contributed by atoms with Crippen molar-refractivity contribution in [2.24, 2.45) is 5.92 Å². The fourth-order valence-corrected chi connectivity index (χ4v) is 4.52. The van der Waals surface area contributed by atoms with Gasteiger partial charge in [-0.05, 0) is 25.2 Å². The minimum absolute atomic E-state index is 0.0363. The Bertz CT molecular complexity index is 471. The van der Waals surface area contributed by atoms with Crippen LogP contribution in [-0.4, -0.2) is 30.3 Å². The molecule has 0 radical (unpaired) electrons. The van der Waals surface area contributed by atoms with Gasteiger partial charge < -0.3 is 10.6 Å². The molecule has 0 bridgehead atoms. The van der Waals surface area contributed by atoms with E-state index in [4.69, 9.17) is 11.6 Å². The number of halogens is 1. The third kappa shape index (κ3) is 21.7. The Labute approximate surface area is 217 Å². The summed E-state index contributed by atoms with van der Waals surface area (Å²) in [5.74, 6) is 0.631. The summed E-state index contributed by atoms with van der Waals surface area (Å²) < 4.78 is 0. The van der Waals surface area contributed by atoms with E-state index in [-0.39, 0.29) is 17.7 Å². The second kappa shape index (κ2) is 25.3. The first-order valence-electron chi connectivity index (χ1n) is 14.7. The van der Waals surface area contributed by atoms with E-state index in [1.54, 1.807) is 0 Å². The molecule has 0 fully saturated rings. The maximum Gasteiger partial charge on any atom is 0.242 e. The van der Waals surface area contributed by atoms with E-state index in [0.29, 0.717) is 18.8 Å². The maximum atomic E-state index is 12.5. The number of rotatable bonds is 25. The van der Waals surface area contributed by atoms with E-state index in [1.165, 1.54) is 89.9 Å². The van der Waals surface area contributed by atoms with Crippen molar-refractivity contribution < 1.29 is 9.59 Å². The minimum atomic E-state index is -0.443. The molecule has 0 aromatic heterocycles. The van der Waals surface area contributed by atoms with Gasteiger partial charge in [0.2, 0.25) is 11.8 Å². The Morgan fingerprint density at radius 1 is 0.647 bits per heavy atom. The Morgan fingerprint density at radius 2 is 1.09 bits per heavy atom. The van der Waals surface area contributed by atoms with E-state index in [0.717, 1.165) is 32.1 Å². The molecule has 0 rings (SSSR count). The Hall–Kier alpha value is -0.770. The number of amides is 2. The number of unbranched alkanes of at least 4 members (excludes halogenated alkanes) is 17. The third-order valence-electron chi connectivity index (χ3n) is 6.63. The first-order chi connectivity index (χ1) is 16.5. The van der Waals surface area contributed by atoms with Crippen LogP contribution in [0.25, 0.3) is 0 Å². The van der Waals surface area contributed by atoms with Crippen LogP contribution in [-0.2, 0) is 9.59 Å². The highest BCUT2D eigenvalue weighted by molar-refractivity contribution is 6.17. The normalized spacial score (nSPS) is 12.1. The first-order valence-corrected chi connectivity index (χ1v) is 15.2. The van der Waals surface area contributed by atoms with Gasteiger partial charge in [-0.3, -0.25) is 9.59 Å². The lowest BCUT2D eigenvalue weighted by molar-refractivity contribution is -0.130. The van der Waals surface area contributed by atoms with E-state index < -0.39 is 6.04 Å². The summed E-state index contributed by atoms with van der Waals surface area (Å²) in [4.78, 5) is 24.6. The summed E-state index contributed by atoms with van der Waals surface area (Å²) in [5.41, 5.74) is 0. The van der Waals surface area contributed by atoms with Crippen molar-refractivity contribution in [1.82, 2.24) is 10.6 Å². The monoisotopic (exact) mass is 500 g/mol. The van der Waals surface area contributed by atoms with Crippen LogP contribution < -0.4 is 10.6 Å². The van der Waals surface area contributed by atoms with Crippen LogP contribution in [0.4, 0.5) is 0 Å². The van der Waals surface area contributed by atoms with Gasteiger partial charge in [0.05, 0.1) is 0 Å². The maximum absolute atomic E-state index is 12.5. The average molecular weight is 501 g/mol. The van der Waals surface area contributed by atoms with Gasteiger partial charge in [0.1, 0.15) is 6.04 Å². The number of hydrogen-bond acceptors (Lipinski definition) is 2. The molecular formula is C29H57ClN2O2. The Morgan fingerprint density at radius 3 is 1.53 bits per heavy atom. The van der Waals surface area contributed by atoms with Crippen molar-refractivity contribution in [2.75, 3.05) is 12.4 Å². The van der Waals surface area contributed by atoms with Crippen molar-refractivity contribution in [1.29, 1.82) is 0 Å². The van der Waals surface area contributed by atoms with E-state index >= 15 is 0 Å². The first kappa shape index (κ1) is 33.2. The average Bonchev–Trinajstić information content (AvgIpc) is 2.82. The standard InChI is InChI=1S/C29H57ClN2O2/c1-4-5-6-7-8-9-10-11-12-13-14-15-16-17-18-22-25-31-29(34)28(26(2)3)32-27(33)23-20-19-21-24-30/h26,28H,4-25H2,1-3H3,(H,31,34)(H,32,33)/t28-/m0/s1. The smallest absolute Gasteiger partial charge is 0.242 e. The van der Waals surface area contributed by atoms with Crippen molar-refractivity contribution in [3.63, 3.8) is 0 Å². The second-order valence-corrected chi connectivity index (χ2v) is 10.8. The highest BCUT2D eigenvalue weighted by atomic mass is 35.5. The molecule has 1 atom stereocenters. The van der Waals surface area contributed by atoms with Gasteiger partial charge in [-0.15, -0.1) is 11.6 Å². The molecule has 0 spiro atoms. The van der Waals surface area contributed by atoms with E-state index in [1.807, 2.05) is 13.8 Å². The van der Waals surface area contributed by atoms with Crippen LogP contribution in [0.5, 0.6) is 0 Å². The lowest BCUT2D eigenvalue weighted by atomic mass is 10.0. The van der Waals surface area contributed by atoms with Gasteiger partial charge in [0, 0.05) is 18.8 Å². The number of carbonyl (C=O) groups is 2. The molecule has 0 aromatic carbocycles. The molecule has 0 unspecified atom stereocenters. The molecular weight excluding hydrogens is 444 g/mol. The molecule has 4 nitrogen and oxygen atoms in total. The zero-order valence-electron chi connectivity index (χ0n) is 22.9. The quantitative estimate of drug-likeness (QED) is 0.0977. The molecule has 0 aromatic rings. The largest absolute Gasteiger partial charge is 0.354 e. The number of carbonyl (C=O) groups excluding carboxylic acids is 2. The topological polar surface area (TPSA) is 58.2 Å². The van der Waals surface area contributed by atoms with Gasteiger partial charge in [-0.2, -0.15) is 0 Å². The van der Waals surface area contributed by atoms with Crippen molar-refractivity contribution in [2.45, 2.75) is 155 Å². The Balaban J connectivity index is 3.59. The predicted molar refractivity (Wildman–Crippen MR) is 149 cm³/mol. The van der Waals surface area contributed by atoms with E-state index in [9.17, 15) is 9.59 Å². The summed E-state index contributed by atoms with van der Waals surface area (Å²) in [7, 11) is 0. The predicted octanol–water partition coefficient (Wildman–Crippen LogP) is 8.30. The summed E-state index contributed by atoms with van der Waals surface area (Å²) in [6.45, 7) is 6.94. The number of alkyl halides is 1. The molecule has 2 N–H and O–H groups in total. The second-order valence-electron chi connectivity index (χ2n) is 10.4.